The summed E-state index contributed by atoms with van der Waals surface area (Å²) in [5.74, 6) is 0.942. The van der Waals surface area contributed by atoms with Crippen molar-refractivity contribution >= 4 is 50.6 Å². The lowest BCUT2D eigenvalue weighted by Crippen LogP contribution is -2.44. The number of halogens is 2. The maximum absolute atomic E-state index is 6.23. The fourth-order valence-electron chi connectivity index (χ4n) is 3.28. The number of nitrogens with zero attached hydrogens (tertiary/aromatic N) is 4. The summed E-state index contributed by atoms with van der Waals surface area (Å²) in [4.78, 5) is 15.9. The van der Waals surface area contributed by atoms with Gasteiger partial charge in [0.1, 0.15) is 10.6 Å². The van der Waals surface area contributed by atoms with E-state index in [1.165, 1.54) is 10.4 Å². The normalized spacial score (nSPS) is 15.9. The lowest BCUT2D eigenvalue weighted by molar-refractivity contribution is 0.312. The van der Waals surface area contributed by atoms with Gasteiger partial charge in [0.15, 0.2) is 0 Å². The number of benzene rings is 1. The van der Waals surface area contributed by atoms with Gasteiger partial charge in [-0.2, -0.15) is 4.98 Å². The van der Waals surface area contributed by atoms with E-state index in [4.69, 9.17) is 23.2 Å². The van der Waals surface area contributed by atoms with Gasteiger partial charge in [-0.3, -0.25) is 0 Å². The molecule has 0 spiro atoms. The van der Waals surface area contributed by atoms with Crippen molar-refractivity contribution in [3.8, 4) is 11.1 Å². The van der Waals surface area contributed by atoms with Gasteiger partial charge in [-0.05, 0) is 43.3 Å². The van der Waals surface area contributed by atoms with Crippen LogP contribution in [0.15, 0.2) is 24.3 Å². The summed E-state index contributed by atoms with van der Waals surface area (Å²) >= 11 is 14.0. The molecule has 2 aromatic heterocycles. The van der Waals surface area contributed by atoms with Crippen LogP contribution in [0.4, 0.5) is 5.82 Å². The number of aromatic nitrogens is 2. The van der Waals surface area contributed by atoms with E-state index in [0.29, 0.717) is 5.28 Å². The Hall–Kier alpha value is -1.40. The summed E-state index contributed by atoms with van der Waals surface area (Å²) in [6, 6.07) is 7.96. The Kier molecular flexibility index (Phi) is 4.58. The second-order valence-corrected chi connectivity index (χ2v) is 8.30. The second-order valence-electron chi connectivity index (χ2n) is 6.33. The summed E-state index contributed by atoms with van der Waals surface area (Å²) in [5.41, 5.74) is 2.32. The molecule has 0 amide bonds. The van der Waals surface area contributed by atoms with Gasteiger partial charge in [-0.25, -0.2) is 4.98 Å². The number of anilines is 1. The highest BCUT2D eigenvalue weighted by molar-refractivity contribution is 7.19. The first-order valence-corrected chi connectivity index (χ1v) is 9.76. The summed E-state index contributed by atoms with van der Waals surface area (Å²) in [7, 11) is 2.15. The molecule has 3 heterocycles. The van der Waals surface area contributed by atoms with E-state index in [9.17, 15) is 0 Å². The van der Waals surface area contributed by atoms with Gasteiger partial charge < -0.3 is 9.80 Å². The largest absolute Gasteiger partial charge is 0.353 e. The summed E-state index contributed by atoms with van der Waals surface area (Å²) in [6.45, 7) is 6.03. The number of piperazine rings is 1. The van der Waals surface area contributed by atoms with E-state index in [1.807, 2.05) is 12.1 Å². The molecule has 25 heavy (non-hydrogen) atoms. The highest BCUT2D eigenvalue weighted by Gasteiger charge is 2.23. The van der Waals surface area contributed by atoms with Gasteiger partial charge in [0, 0.05) is 41.6 Å². The standard InChI is InChI=1S/C18H18Cl2N4S/c1-11-14(12-3-5-13(19)6-4-12)15-16(21-18(20)22-17(15)25-11)24-9-7-23(2)8-10-24/h3-6H,7-10H2,1-2H3. The van der Waals surface area contributed by atoms with Crippen LogP contribution in [-0.2, 0) is 0 Å². The lowest BCUT2D eigenvalue weighted by Gasteiger charge is -2.33. The molecule has 1 aliphatic heterocycles. The van der Waals surface area contributed by atoms with Crippen molar-refractivity contribution in [2.24, 2.45) is 0 Å². The Morgan fingerprint density at radius 2 is 1.68 bits per heavy atom. The van der Waals surface area contributed by atoms with Crippen molar-refractivity contribution in [3.63, 3.8) is 0 Å². The third kappa shape index (κ3) is 3.22. The van der Waals surface area contributed by atoms with E-state index in [0.717, 1.165) is 52.8 Å². The van der Waals surface area contributed by atoms with Gasteiger partial charge in [0.25, 0.3) is 0 Å². The average molecular weight is 393 g/mol. The fraction of sp³-hybridized carbons (Fsp3) is 0.333. The summed E-state index contributed by atoms with van der Waals surface area (Å²) < 4.78 is 0. The third-order valence-corrected chi connectivity index (χ3v) is 6.04. The summed E-state index contributed by atoms with van der Waals surface area (Å²) in [5, 5.41) is 2.14. The van der Waals surface area contributed by atoms with Crippen LogP contribution in [0.5, 0.6) is 0 Å². The van der Waals surface area contributed by atoms with Crippen molar-refractivity contribution < 1.29 is 0 Å². The number of hydrogen-bond donors (Lipinski definition) is 0. The molecule has 4 rings (SSSR count). The fourth-order valence-corrected chi connectivity index (χ4v) is 4.66. The molecule has 0 atom stereocenters. The van der Waals surface area contributed by atoms with Crippen molar-refractivity contribution in [1.29, 1.82) is 0 Å². The molecule has 1 fully saturated rings. The van der Waals surface area contributed by atoms with Crippen molar-refractivity contribution in [1.82, 2.24) is 14.9 Å². The predicted molar refractivity (Wildman–Crippen MR) is 107 cm³/mol. The summed E-state index contributed by atoms with van der Waals surface area (Å²) in [6.07, 6.45) is 0. The van der Waals surface area contributed by atoms with Crippen molar-refractivity contribution in [3.05, 3.63) is 39.4 Å². The Morgan fingerprint density at radius 1 is 1.00 bits per heavy atom. The molecule has 130 valence electrons. The number of aryl methyl sites for hydroxylation is 1. The molecule has 0 unspecified atom stereocenters. The zero-order valence-corrected chi connectivity index (χ0v) is 16.4. The highest BCUT2D eigenvalue weighted by atomic mass is 35.5. The van der Waals surface area contributed by atoms with Crippen LogP contribution in [-0.4, -0.2) is 48.1 Å². The van der Waals surface area contributed by atoms with Gasteiger partial charge in [0.05, 0.1) is 5.39 Å². The topological polar surface area (TPSA) is 32.3 Å². The van der Waals surface area contributed by atoms with Crippen LogP contribution in [0, 0.1) is 6.92 Å². The van der Waals surface area contributed by atoms with E-state index < -0.39 is 0 Å². The first-order valence-electron chi connectivity index (χ1n) is 8.19. The van der Waals surface area contributed by atoms with Crippen molar-refractivity contribution in [2.75, 3.05) is 38.1 Å². The van der Waals surface area contributed by atoms with Crippen molar-refractivity contribution in [2.45, 2.75) is 6.92 Å². The van der Waals surface area contributed by atoms with E-state index in [2.05, 4.69) is 45.9 Å². The average Bonchev–Trinajstić information content (AvgIpc) is 2.91. The van der Waals surface area contributed by atoms with E-state index >= 15 is 0 Å². The highest BCUT2D eigenvalue weighted by Crippen LogP contribution is 2.42. The quantitative estimate of drug-likeness (QED) is 0.590. The molecule has 0 N–H and O–H groups in total. The van der Waals surface area contributed by atoms with Crippen LogP contribution < -0.4 is 4.90 Å². The number of hydrogen-bond acceptors (Lipinski definition) is 5. The van der Waals surface area contributed by atoms with Crippen LogP contribution >= 0.6 is 34.5 Å². The Balaban J connectivity index is 1.91. The van der Waals surface area contributed by atoms with Crippen LogP contribution in [0.2, 0.25) is 10.3 Å². The Labute approximate surface area is 161 Å². The maximum atomic E-state index is 6.23. The van der Waals surface area contributed by atoms with E-state index in [1.54, 1.807) is 11.3 Å². The minimum atomic E-state index is 0.310. The van der Waals surface area contributed by atoms with Gasteiger partial charge in [-0.15, -0.1) is 11.3 Å². The number of thiophene rings is 1. The molecule has 0 saturated carbocycles. The van der Waals surface area contributed by atoms with Crippen LogP contribution in [0.25, 0.3) is 21.3 Å². The minimum Gasteiger partial charge on any atom is -0.353 e. The molecule has 1 aromatic carbocycles. The monoisotopic (exact) mass is 392 g/mol. The molecule has 3 aromatic rings. The number of likely N-dealkylation sites (N-methyl/N-ethyl adjacent to an activating group) is 1. The molecule has 1 aliphatic rings. The zero-order chi connectivity index (χ0) is 17.6. The van der Waals surface area contributed by atoms with Gasteiger partial charge >= 0.3 is 0 Å². The molecule has 7 heteroatoms. The Morgan fingerprint density at radius 3 is 2.36 bits per heavy atom. The first-order chi connectivity index (χ1) is 12.0. The smallest absolute Gasteiger partial charge is 0.225 e. The molecule has 0 radical (unpaired) electrons. The zero-order valence-electron chi connectivity index (χ0n) is 14.1. The van der Waals surface area contributed by atoms with Crippen LogP contribution in [0.1, 0.15) is 4.88 Å². The minimum absolute atomic E-state index is 0.310. The maximum Gasteiger partial charge on any atom is 0.225 e. The van der Waals surface area contributed by atoms with E-state index in [-0.39, 0.29) is 0 Å². The Bertz CT molecular complexity index is 915. The molecular formula is C18H18Cl2N4S. The van der Waals surface area contributed by atoms with Crippen LogP contribution in [0.3, 0.4) is 0 Å². The third-order valence-electron chi connectivity index (χ3n) is 4.62. The molecule has 4 nitrogen and oxygen atoms in total. The predicted octanol–water partition coefficient (Wildman–Crippen LogP) is 4.73. The molecule has 1 saturated heterocycles. The second kappa shape index (κ2) is 6.72. The molecule has 0 aliphatic carbocycles. The lowest BCUT2D eigenvalue weighted by atomic mass is 10.0. The first kappa shape index (κ1) is 17.0. The SMILES string of the molecule is Cc1sc2nc(Cl)nc(N3CCN(C)CC3)c2c1-c1ccc(Cl)cc1. The molecule has 0 bridgehead atoms. The van der Waals surface area contributed by atoms with Gasteiger partial charge in [-0.1, -0.05) is 23.7 Å². The van der Waals surface area contributed by atoms with Gasteiger partial charge in [0.2, 0.25) is 5.28 Å². The molecular weight excluding hydrogens is 375 g/mol. The number of fused-ring (bicyclic) bond motifs is 1. The number of rotatable bonds is 2.